The molecule has 108 valence electrons. The number of nitro groups is 1. The van der Waals surface area contributed by atoms with Crippen molar-refractivity contribution in [1.29, 1.82) is 0 Å². The van der Waals surface area contributed by atoms with Gasteiger partial charge in [0.25, 0.3) is 0 Å². The van der Waals surface area contributed by atoms with E-state index in [1.165, 1.54) is 23.4 Å². The van der Waals surface area contributed by atoms with Crippen LogP contribution >= 0.6 is 11.6 Å². The van der Waals surface area contributed by atoms with Crippen LogP contribution < -0.4 is 5.32 Å². The third-order valence-corrected chi connectivity index (χ3v) is 3.93. The van der Waals surface area contributed by atoms with Gasteiger partial charge in [0.05, 0.1) is 9.95 Å². The first-order valence-electron chi connectivity index (χ1n) is 6.77. The van der Waals surface area contributed by atoms with Gasteiger partial charge < -0.3 is 5.32 Å². The van der Waals surface area contributed by atoms with Crippen LogP contribution in [0, 0.1) is 10.1 Å². The molecule has 0 saturated carbocycles. The molecule has 0 radical (unpaired) electrons. The predicted molar refractivity (Wildman–Crippen MR) is 81.8 cm³/mol. The molecule has 0 amide bonds. The molecule has 0 aliphatic heterocycles. The first kappa shape index (κ1) is 13.8. The van der Waals surface area contributed by atoms with Crippen LogP contribution in [0.25, 0.3) is 0 Å². The number of rotatable bonds is 3. The van der Waals surface area contributed by atoms with Crippen LogP contribution in [0.2, 0.25) is 5.02 Å². The summed E-state index contributed by atoms with van der Waals surface area (Å²) >= 11 is 5.78. The van der Waals surface area contributed by atoms with Gasteiger partial charge in [-0.1, -0.05) is 35.9 Å². The average molecular weight is 304 g/mol. The minimum atomic E-state index is -0.460. The Bertz CT molecular complexity index is 690. The van der Waals surface area contributed by atoms with Crippen molar-refractivity contribution in [2.45, 2.75) is 25.3 Å². The molecule has 1 heterocycles. The molecular weight excluding hydrogens is 290 g/mol. The van der Waals surface area contributed by atoms with Crippen LogP contribution in [0.5, 0.6) is 0 Å². The molecule has 6 heteroatoms. The normalized spacial score (nSPS) is 17.1. The van der Waals surface area contributed by atoms with Gasteiger partial charge in [0.15, 0.2) is 0 Å². The second-order valence-corrected chi connectivity index (χ2v) is 5.57. The lowest BCUT2D eigenvalue weighted by molar-refractivity contribution is -0.384. The summed E-state index contributed by atoms with van der Waals surface area (Å²) in [5.74, 6) is 0.286. The van der Waals surface area contributed by atoms with Crippen molar-refractivity contribution in [2.24, 2.45) is 0 Å². The van der Waals surface area contributed by atoms with Crippen molar-refractivity contribution in [1.82, 2.24) is 4.98 Å². The summed E-state index contributed by atoms with van der Waals surface area (Å²) in [4.78, 5) is 14.7. The monoisotopic (exact) mass is 303 g/mol. The van der Waals surface area contributed by atoms with Crippen LogP contribution in [-0.2, 0) is 12.8 Å². The van der Waals surface area contributed by atoms with Gasteiger partial charge in [0.2, 0.25) is 5.82 Å². The third-order valence-electron chi connectivity index (χ3n) is 3.72. The highest BCUT2D eigenvalue weighted by Gasteiger charge is 2.22. The van der Waals surface area contributed by atoms with Gasteiger partial charge in [-0.05, 0) is 30.4 Å². The molecule has 1 unspecified atom stereocenters. The lowest BCUT2D eigenvalue weighted by Crippen LogP contribution is -2.28. The number of aryl methyl sites for hydroxylation is 1. The second kappa shape index (κ2) is 5.69. The first-order valence-corrected chi connectivity index (χ1v) is 7.14. The molecule has 0 spiro atoms. The van der Waals surface area contributed by atoms with Crippen LogP contribution in [0.3, 0.4) is 0 Å². The van der Waals surface area contributed by atoms with Gasteiger partial charge in [-0.15, -0.1) is 0 Å². The maximum Gasteiger partial charge on any atom is 0.312 e. The van der Waals surface area contributed by atoms with Gasteiger partial charge in [-0.25, -0.2) is 4.98 Å². The van der Waals surface area contributed by atoms with E-state index in [0.717, 1.165) is 19.3 Å². The zero-order valence-corrected chi connectivity index (χ0v) is 12.0. The fraction of sp³-hybridized carbons (Fsp3) is 0.267. The minimum Gasteiger partial charge on any atom is -0.361 e. The maximum atomic E-state index is 11.1. The van der Waals surface area contributed by atoms with Gasteiger partial charge in [0.1, 0.15) is 0 Å². The maximum absolute atomic E-state index is 11.1. The van der Waals surface area contributed by atoms with Crippen LogP contribution in [0.4, 0.5) is 11.5 Å². The Kier molecular flexibility index (Phi) is 3.75. The quantitative estimate of drug-likeness (QED) is 0.694. The molecule has 1 aliphatic rings. The molecule has 1 aromatic carbocycles. The van der Waals surface area contributed by atoms with Gasteiger partial charge in [-0.2, -0.15) is 0 Å². The third kappa shape index (κ3) is 2.97. The van der Waals surface area contributed by atoms with E-state index in [2.05, 4.69) is 22.4 Å². The highest BCUT2D eigenvalue weighted by molar-refractivity contribution is 6.30. The largest absolute Gasteiger partial charge is 0.361 e. The van der Waals surface area contributed by atoms with E-state index in [1.54, 1.807) is 0 Å². The Morgan fingerprint density at radius 1 is 1.33 bits per heavy atom. The number of fused-ring (bicyclic) bond motifs is 1. The number of hydrogen-bond acceptors (Lipinski definition) is 4. The Labute approximate surface area is 127 Å². The summed E-state index contributed by atoms with van der Waals surface area (Å²) in [6.07, 6.45) is 4.17. The number of halogens is 1. The number of hydrogen-bond donors (Lipinski definition) is 1. The second-order valence-electron chi connectivity index (χ2n) is 5.13. The van der Waals surface area contributed by atoms with E-state index in [-0.39, 0.29) is 22.6 Å². The summed E-state index contributed by atoms with van der Waals surface area (Å²) < 4.78 is 0. The molecule has 1 N–H and O–H groups in total. The molecule has 0 bridgehead atoms. The Morgan fingerprint density at radius 2 is 2.10 bits per heavy atom. The highest BCUT2D eigenvalue weighted by atomic mass is 35.5. The molecule has 5 nitrogen and oxygen atoms in total. The lowest BCUT2D eigenvalue weighted by Gasteiger charge is -2.25. The number of pyridine rings is 1. The molecule has 0 saturated heterocycles. The zero-order chi connectivity index (χ0) is 14.8. The van der Waals surface area contributed by atoms with E-state index in [0.29, 0.717) is 0 Å². The van der Waals surface area contributed by atoms with Crippen molar-refractivity contribution in [3.8, 4) is 0 Å². The van der Waals surface area contributed by atoms with Gasteiger partial charge in [-0.3, -0.25) is 10.1 Å². The summed E-state index contributed by atoms with van der Waals surface area (Å²) in [5.41, 5.74) is 2.56. The number of anilines is 1. The van der Waals surface area contributed by atoms with Crippen molar-refractivity contribution in [2.75, 3.05) is 5.32 Å². The highest BCUT2D eigenvalue weighted by Crippen LogP contribution is 2.28. The summed E-state index contributed by atoms with van der Waals surface area (Å²) in [7, 11) is 0. The minimum absolute atomic E-state index is 0.0821. The average Bonchev–Trinajstić information content (AvgIpc) is 2.49. The predicted octanol–water partition coefficient (Wildman–Crippen LogP) is 3.61. The summed E-state index contributed by atoms with van der Waals surface area (Å²) in [5, 5.41) is 14.5. The number of nitrogens with one attached hydrogen (secondary N) is 1. The molecule has 3 rings (SSSR count). The molecular formula is C15H14ClN3O2. The van der Waals surface area contributed by atoms with E-state index in [1.807, 2.05) is 12.1 Å². The summed E-state index contributed by atoms with van der Waals surface area (Å²) in [6, 6.07) is 9.77. The number of benzene rings is 1. The molecule has 1 atom stereocenters. The SMILES string of the molecule is O=[N+]([O-])c1cc(Cl)cnc1NC1CCc2ccccc2C1. The van der Waals surface area contributed by atoms with E-state index in [9.17, 15) is 10.1 Å². The molecule has 2 aromatic rings. The fourth-order valence-corrected chi connectivity index (χ4v) is 2.85. The van der Waals surface area contributed by atoms with Gasteiger partial charge >= 0.3 is 5.69 Å². The molecule has 0 fully saturated rings. The number of nitrogens with zero attached hydrogens (tertiary/aromatic N) is 2. The van der Waals surface area contributed by atoms with Crippen molar-refractivity contribution >= 4 is 23.1 Å². The molecule has 1 aliphatic carbocycles. The van der Waals surface area contributed by atoms with Crippen molar-refractivity contribution in [3.05, 3.63) is 62.8 Å². The number of aromatic nitrogens is 1. The van der Waals surface area contributed by atoms with E-state index < -0.39 is 4.92 Å². The Balaban J connectivity index is 1.81. The van der Waals surface area contributed by atoms with Crippen LogP contribution in [0.1, 0.15) is 17.5 Å². The van der Waals surface area contributed by atoms with E-state index >= 15 is 0 Å². The standard InChI is InChI=1S/C15H14ClN3O2/c16-12-8-14(19(20)21)15(17-9-12)18-13-6-5-10-3-1-2-4-11(10)7-13/h1-4,8-9,13H,5-7H2,(H,17,18). The fourth-order valence-electron chi connectivity index (χ4n) is 2.69. The van der Waals surface area contributed by atoms with Crippen LogP contribution in [0.15, 0.2) is 36.5 Å². The zero-order valence-electron chi connectivity index (χ0n) is 11.3. The molecule has 1 aromatic heterocycles. The Hall–Kier alpha value is -2.14. The van der Waals surface area contributed by atoms with Crippen LogP contribution in [-0.4, -0.2) is 15.9 Å². The first-order chi connectivity index (χ1) is 10.1. The van der Waals surface area contributed by atoms with Gasteiger partial charge in [0, 0.05) is 18.3 Å². The topological polar surface area (TPSA) is 68.1 Å². The Morgan fingerprint density at radius 3 is 2.86 bits per heavy atom. The van der Waals surface area contributed by atoms with E-state index in [4.69, 9.17) is 11.6 Å². The van der Waals surface area contributed by atoms with Crippen molar-refractivity contribution in [3.63, 3.8) is 0 Å². The smallest absolute Gasteiger partial charge is 0.312 e. The summed E-state index contributed by atoms with van der Waals surface area (Å²) in [6.45, 7) is 0. The lowest BCUT2D eigenvalue weighted by atomic mass is 9.88. The molecule has 21 heavy (non-hydrogen) atoms. The van der Waals surface area contributed by atoms with Crippen molar-refractivity contribution < 1.29 is 4.92 Å².